The van der Waals surface area contributed by atoms with Crippen molar-refractivity contribution in [1.82, 2.24) is 29.3 Å². The van der Waals surface area contributed by atoms with Crippen LogP contribution in [-0.2, 0) is 12.8 Å². The molecule has 1 aromatic carbocycles. The molecule has 0 bridgehead atoms. The minimum absolute atomic E-state index is 0.0602. The molecule has 27 heavy (non-hydrogen) atoms. The van der Waals surface area contributed by atoms with Crippen LogP contribution in [-0.4, -0.2) is 42.7 Å². The fraction of sp³-hybridized carbons (Fsp3) is 0.235. The van der Waals surface area contributed by atoms with Crippen molar-refractivity contribution in [3.8, 4) is 23.0 Å². The zero-order valence-corrected chi connectivity index (χ0v) is 16.4. The number of aromatic nitrogens is 6. The summed E-state index contributed by atoms with van der Waals surface area (Å²) in [6, 6.07) is 1.72. The molecule has 0 aliphatic heterocycles. The van der Waals surface area contributed by atoms with E-state index in [1.807, 2.05) is 6.26 Å². The third kappa shape index (κ3) is 2.78. The SMILES string of the molecule is COc1cc2c(-n3ccnc3)c(-c3nc(CSC)n[nH]3)n(C)c2c(F)c1Cl. The second-order valence-electron chi connectivity index (χ2n) is 5.86. The first-order valence-corrected chi connectivity index (χ1v) is 9.77. The molecule has 0 saturated carbocycles. The van der Waals surface area contributed by atoms with E-state index < -0.39 is 5.82 Å². The Morgan fingerprint density at radius 1 is 1.41 bits per heavy atom. The second kappa shape index (κ2) is 6.90. The number of nitrogens with one attached hydrogen (secondary N) is 1. The van der Waals surface area contributed by atoms with Crippen molar-refractivity contribution in [2.45, 2.75) is 5.75 Å². The van der Waals surface area contributed by atoms with E-state index >= 15 is 4.39 Å². The number of aryl methyl sites for hydroxylation is 1. The molecule has 3 heterocycles. The first-order valence-electron chi connectivity index (χ1n) is 8.00. The summed E-state index contributed by atoms with van der Waals surface area (Å²) in [5.41, 5.74) is 1.74. The lowest BCUT2D eigenvalue weighted by Gasteiger charge is -2.07. The summed E-state index contributed by atoms with van der Waals surface area (Å²) < 4.78 is 23.9. The molecule has 0 amide bonds. The Bertz CT molecular complexity index is 1120. The van der Waals surface area contributed by atoms with Crippen molar-refractivity contribution in [2.75, 3.05) is 13.4 Å². The van der Waals surface area contributed by atoms with Crippen molar-refractivity contribution in [2.24, 2.45) is 7.05 Å². The molecule has 4 aromatic rings. The standard InChI is InChI=1S/C17H16ClFN6OS/c1-24-14-9(6-10(26-2)12(18)13(14)19)15(25-5-4-20-8-25)16(24)17-21-11(7-27-3)22-23-17/h4-6,8H,7H2,1-3H3,(H,21,22,23). The largest absolute Gasteiger partial charge is 0.495 e. The number of hydrogen-bond donors (Lipinski definition) is 1. The fourth-order valence-electron chi connectivity index (χ4n) is 3.17. The van der Waals surface area contributed by atoms with Gasteiger partial charge in [0.25, 0.3) is 0 Å². The molecule has 10 heteroatoms. The van der Waals surface area contributed by atoms with Gasteiger partial charge in [0, 0.05) is 24.8 Å². The van der Waals surface area contributed by atoms with Crippen LogP contribution in [0.5, 0.6) is 5.75 Å². The van der Waals surface area contributed by atoms with Gasteiger partial charge in [0.15, 0.2) is 17.5 Å². The van der Waals surface area contributed by atoms with E-state index in [-0.39, 0.29) is 10.8 Å². The molecule has 0 aliphatic rings. The van der Waals surface area contributed by atoms with Gasteiger partial charge in [-0.15, -0.1) is 0 Å². The summed E-state index contributed by atoms with van der Waals surface area (Å²) in [5, 5.41) is 7.78. The molecule has 0 radical (unpaired) electrons. The molecule has 0 atom stereocenters. The summed E-state index contributed by atoms with van der Waals surface area (Å²) in [6.45, 7) is 0. The molecular formula is C17H16ClFN6OS. The summed E-state index contributed by atoms with van der Waals surface area (Å²) in [4.78, 5) is 8.68. The Morgan fingerprint density at radius 3 is 2.89 bits per heavy atom. The lowest BCUT2D eigenvalue weighted by Crippen LogP contribution is -1.99. The molecule has 3 aromatic heterocycles. The highest BCUT2D eigenvalue weighted by molar-refractivity contribution is 7.97. The van der Waals surface area contributed by atoms with Crippen LogP contribution in [0.4, 0.5) is 4.39 Å². The minimum atomic E-state index is -0.551. The van der Waals surface area contributed by atoms with Crippen LogP contribution in [0.3, 0.4) is 0 Å². The van der Waals surface area contributed by atoms with Crippen LogP contribution in [0.2, 0.25) is 5.02 Å². The van der Waals surface area contributed by atoms with E-state index in [0.717, 1.165) is 0 Å². The van der Waals surface area contributed by atoms with Gasteiger partial charge in [-0.3, -0.25) is 5.10 Å². The van der Waals surface area contributed by atoms with Crippen molar-refractivity contribution >= 4 is 34.3 Å². The number of ether oxygens (including phenoxy) is 1. The van der Waals surface area contributed by atoms with Crippen LogP contribution in [0.15, 0.2) is 24.8 Å². The van der Waals surface area contributed by atoms with Crippen LogP contribution >= 0.6 is 23.4 Å². The first-order chi connectivity index (χ1) is 13.1. The summed E-state index contributed by atoms with van der Waals surface area (Å²) >= 11 is 7.77. The molecule has 0 saturated heterocycles. The topological polar surface area (TPSA) is 73.6 Å². The Kier molecular flexibility index (Phi) is 4.56. The number of fused-ring (bicyclic) bond motifs is 1. The van der Waals surface area contributed by atoms with Gasteiger partial charge in [-0.2, -0.15) is 16.9 Å². The Hall–Kier alpha value is -2.52. The molecule has 0 fully saturated rings. The number of benzene rings is 1. The monoisotopic (exact) mass is 406 g/mol. The molecule has 140 valence electrons. The quantitative estimate of drug-likeness (QED) is 0.545. The maximum atomic E-state index is 15.1. The van der Waals surface area contributed by atoms with Crippen LogP contribution in [0.25, 0.3) is 28.1 Å². The van der Waals surface area contributed by atoms with Gasteiger partial charge in [-0.25, -0.2) is 14.4 Å². The number of hydrogen-bond acceptors (Lipinski definition) is 5. The summed E-state index contributed by atoms with van der Waals surface area (Å²) in [7, 11) is 3.22. The Labute approximate surface area is 163 Å². The molecule has 0 spiro atoms. The van der Waals surface area contributed by atoms with Crippen LogP contribution in [0.1, 0.15) is 5.82 Å². The maximum absolute atomic E-state index is 15.1. The highest BCUT2D eigenvalue weighted by atomic mass is 35.5. The van der Waals surface area contributed by atoms with Gasteiger partial charge in [0.1, 0.15) is 16.5 Å². The Morgan fingerprint density at radius 2 is 2.22 bits per heavy atom. The van der Waals surface area contributed by atoms with Crippen molar-refractivity contribution in [1.29, 1.82) is 0 Å². The van der Waals surface area contributed by atoms with E-state index in [2.05, 4.69) is 20.2 Å². The average molecular weight is 407 g/mol. The fourth-order valence-corrected chi connectivity index (χ4v) is 3.78. The minimum Gasteiger partial charge on any atom is -0.495 e. The second-order valence-corrected chi connectivity index (χ2v) is 7.11. The van der Waals surface area contributed by atoms with Gasteiger partial charge < -0.3 is 13.9 Å². The van der Waals surface area contributed by atoms with Gasteiger partial charge >= 0.3 is 0 Å². The zero-order valence-electron chi connectivity index (χ0n) is 14.8. The predicted octanol–water partition coefficient (Wildman–Crippen LogP) is 3.81. The van der Waals surface area contributed by atoms with E-state index in [1.165, 1.54) is 7.11 Å². The number of methoxy groups -OCH3 is 1. The normalized spacial score (nSPS) is 11.4. The number of imidazole rings is 1. The van der Waals surface area contributed by atoms with E-state index in [0.29, 0.717) is 39.7 Å². The predicted molar refractivity (Wildman–Crippen MR) is 104 cm³/mol. The average Bonchev–Trinajstić information content (AvgIpc) is 3.37. The van der Waals surface area contributed by atoms with E-state index in [9.17, 15) is 0 Å². The highest BCUT2D eigenvalue weighted by Crippen LogP contribution is 2.41. The number of H-pyrrole nitrogens is 1. The summed E-state index contributed by atoms with van der Waals surface area (Å²) in [5.74, 6) is 1.60. The molecule has 0 unspecified atom stereocenters. The Balaban J connectivity index is 2.09. The smallest absolute Gasteiger partial charge is 0.174 e. The van der Waals surface area contributed by atoms with Crippen LogP contribution in [0, 0.1) is 5.82 Å². The zero-order chi connectivity index (χ0) is 19.1. The van der Waals surface area contributed by atoms with Crippen molar-refractivity contribution in [3.63, 3.8) is 0 Å². The molecule has 1 N–H and O–H groups in total. The lowest BCUT2D eigenvalue weighted by molar-refractivity contribution is 0.412. The third-order valence-corrected chi connectivity index (χ3v) is 5.21. The number of nitrogens with zero attached hydrogens (tertiary/aromatic N) is 5. The van der Waals surface area contributed by atoms with Gasteiger partial charge in [-0.05, 0) is 12.3 Å². The van der Waals surface area contributed by atoms with E-state index in [4.69, 9.17) is 16.3 Å². The van der Waals surface area contributed by atoms with Crippen molar-refractivity contribution < 1.29 is 9.13 Å². The van der Waals surface area contributed by atoms with Gasteiger partial charge in [0.05, 0.1) is 30.4 Å². The van der Waals surface area contributed by atoms with Crippen molar-refractivity contribution in [3.05, 3.63) is 41.5 Å². The molecule has 7 nitrogen and oxygen atoms in total. The number of rotatable bonds is 5. The summed E-state index contributed by atoms with van der Waals surface area (Å²) in [6.07, 6.45) is 7.08. The number of aromatic amines is 1. The third-order valence-electron chi connectivity index (χ3n) is 4.31. The van der Waals surface area contributed by atoms with Crippen LogP contribution < -0.4 is 4.74 Å². The molecule has 0 aliphatic carbocycles. The lowest BCUT2D eigenvalue weighted by atomic mass is 10.2. The van der Waals surface area contributed by atoms with Gasteiger partial charge in [-0.1, -0.05) is 11.6 Å². The molecule has 4 rings (SSSR count). The highest BCUT2D eigenvalue weighted by Gasteiger charge is 2.26. The van der Waals surface area contributed by atoms with Gasteiger partial charge in [0.2, 0.25) is 0 Å². The maximum Gasteiger partial charge on any atom is 0.174 e. The number of halogens is 2. The number of thioether (sulfide) groups is 1. The van der Waals surface area contributed by atoms with E-state index in [1.54, 1.807) is 52.7 Å². The molecular weight excluding hydrogens is 391 g/mol. The first kappa shape index (κ1) is 17.9.